The number of hydrogen-bond acceptors (Lipinski definition) is 3. The van der Waals surface area contributed by atoms with Crippen LogP contribution in [0.4, 0.5) is 0 Å². The summed E-state index contributed by atoms with van der Waals surface area (Å²) < 4.78 is 0. The van der Waals surface area contributed by atoms with Crippen LogP contribution in [0.5, 0.6) is 0 Å². The normalized spacial score (nSPS) is 26.9. The Labute approximate surface area is 98.0 Å². The summed E-state index contributed by atoms with van der Waals surface area (Å²) in [6, 6.07) is 0.414. The minimum absolute atomic E-state index is 0.282. The van der Waals surface area contributed by atoms with E-state index in [0.29, 0.717) is 12.6 Å². The highest BCUT2D eigenvalue weighted by Gasteiger charge is 2.32. The third-order valence-corrected chi connectivity index (χ3v) is 3.62. The van der Waals surface area contributed by atoms with E-state index in [-0.39, 0.29) is 5.91 Å². The Morgan fingerprint density at radius 1 is 1.38 bits per heavy atom. The van der Waals surface area contributed by atoms with Gasteiger partial charge in [-0.1, -0.05) is 19.8 Å². The van der Waals surface area contributed by atoms with E-state index in [4.69, 9.17) is 0 Å². The number of amides is 1. The van der Waals surface area contributed by atoms with E-state index in [1.165, 1.54) is 25.8 Å². The number of nitrogens with zero attached hydrogens (tertiary/aromatic N) is 2. The maximum atomic E-state index is 11.6. The molecule has 2 heterocycles. The van der Waals surface area contributed by atoms with Crippen LogP contribution < -0.4 is 5.32 Å². The molecule has 0 radical (unpaired) electrons. The van der Waals surface area contributed by atoms with Crippen LogP contribution in [0.1, 0.15) is 26.2 Å². The van der Waals surface area contributed by atoms with Gasteiger partial charge in [-0.3, -0.25) is 9.69 Å². The zero-order valence-corrected chi connectivity index (χ0v) is 10.2. The second-order valence-electron chi connectivity index (χ2n) is 4.88. The molecule has 16 heavy (non-hydrogen) atoms. The van der Waals surface area contributed by atoms with Crippen molar-refractivity contribution in [3.8, 4) is 0 Å². The minimum Gasteiger partial charge on any atom is -0.335 e. The van der Waals surface area contributed by atoms with E-state index in [1.54, 1.807) is 0 Å². The summed E-state index contributed by atoms with van der Waals surface area (Å²) in [5.74, 6) is 0.282. The topological polar surface area (TPSA) is 35.6 Å². The number of hydrogen-bond donors (Lipinski definition) is 1. The lowest BCUT2D eigenvalue weighted by Crippen LogP contribution is -2.63. The van der Waals surface area contributed by atoms with Gasteiger partial charge < -0.3 is 10.2 Å². The van der Waals surface area contributed by atoms with Crippen LogP contribution in [0, 0.1) is 0 Å². The molecule has 1 unspecified atom stereocenters. The first-order valence-electron chi connectivity index (χ1n) is 6.54. The van der Waals surface area contributed by atoms with Crippen molar-refractivity contribution in [3.05, 3.63) is 0 Å². The SMILES string of the molecule is CCCCCN1CCN2C(=O)CNCC2C1. The van der Waals surface area contributed by atoms with Crippen LogP contribution >= 0.6 is 0 Å². The molecule has 0 aliphatic carbocycles. The van der Waals surface area contributed by atoms with Crippen LogP contribution in [0.2, 0.25) is 0 Å². The largest absolute Gasteiger partial charge is 0.335 e. The van der Waals surface area contributed by atoms with Gasteiger partial charge in [-0.05, 0) is 13.0 Å². The highest BCUT2D eigenvalue weighted by Crippen LogP contribution is 2.13. The molecule has 2 fully saturated rings. The van der Waals surface area contributed by atoms with E-state index in [0.717, 1.165) is 26.2 Å². The van der Waals surface area contributed by atoms with E-state index in [2.05, 4.69) is 22.0 Å². The van der Waals surface area contributed by atoms with Crippen LogP contribution in [0.25, 0.3) is 0 Å². The summed E-state index contributed by atoms with van der Waals surface area (Å²) in [6.07, 6.45) is 3.90. The van der Waals surface area contributed by atoms with Gasteiger partial charge in [-0.2, -0.15) is 0 Å². The Bertz CT molecular complexity index is 244. The third-order valence-electron chi connectivity index (χ3n) is 3.62. The molecular formula is C12H23N3O. The predicted molar refractivity (Wildman–Crippen MR) is 64.3 cm³/mol. The molecule has 0 aromatic heterocycles. The minimum atomic E-state index is 0.282. The number of piperazine rings is 2. The molecule has 0 aromatic rings. The van der Waals surface area contributed by atoms with Crippen LogP contribution in [0.3, 0.4) is 0 Å². The van der Waals surface area contributed by atoms with Gasteiger partial charge in [0.25, 0.3) is 0 Å². The van der Waals surface area contributed by atoms with Crippen molar-refractivity contribution in [2.45, 2.75) is 32.2 Å². The van der Waals surface area contributed by atoms with Crippen molar-refractivity contribution in [3.63, 3.8) is 0 Å². The summed E-state index contributed by atoms with van der Waals surface area (Å²) in [6.45, 7) is 7.99. The molecule has 2 aliphatic rings. The smallest absolute Gasteiger partial charge is 0.236 e. The summed E-state index contributed by atoms with van der Waals surface area (Å²) in [5, 5.41) is 3.20. The molecule has 92 valence electrons. The van der Waals surface area contributed by atoms with Crippen molar-refractivity contribution in [2.24, 2.45) is 0 Å². The summed E-state index contributed by atoms with van der Waals surface area (Å²) >= 11 is 0. The van der Waals surface area contributed by atoms with Crippen molar-refractivity contribution in [1.29, 1.82) is 0 Å². The Hall–Kier alpha value is -0.610. The molecule has 2 aliphatic heterocycles. The first kappa shape index (κ1) is 11.9. The Morgan fingerprint density at radius 2 is 2.25 bits per heavy atom. The second-order valence-corrected chi connectivity index (χ2v) is 4.88. The highest BCUT2D eigenvalue weighted by molar-refractivity contribution is 5.79. The molecule has 0 bridgehead atoms. The van der Waals surface area contributed by atoms with Gasteiger partial charge in [0.05, 0.1) is 12.6 Å². The van der Waals surface area contributed by atoms with E-state index >= 15 is 0 Å². The lowest BCUT2D eigenvalue weighted by molar-refractivity contribution is -0.137. The fourth-order valence-corrected chi connectivity index (χ4v) is 2.66. The molecule has 4 heteroatoms. The maximum absolute atomic E-state index is 11.6. The lowest BCUT2D eigenvalue weighted by atomic mass is 10.1. The van der Waals surface area contributed by atoms with Crippen molar-refractivity contribution < 1.29 is 4.79 Å². The monoisotopic (exact) mass is 225 g/mol. The highest BCUT2D eigenvalue weighted by atomic mass is 16.2. The Balaban J connectivity index is 1.78. The van der Waals surface area contributed by atoms with Gasteiger partial charge in [-0.15, -0.1) is 0 Å². The number of unbranched alkanes of at least 4 members (excludes halogenated alkanes) is 2. The van der Waals surface area contributed by atoms with E-state index in [9.17, 15) is 4.79 Å². The average Bonchev–Trinajstić information content (AvgIpc) is 2.30. The van der Waals surface area contributed by atoms with Gasteiger partial charge in [-0.25, -0.2) is 0 Å². The van der Waals surface area contributed by atoms with Crippen molar-refractivity contribution in [2.75, 3.05) is 39.3 Å². The van der Waals surface area contributed by atoms with Gasteiger partial charge in [0.2, 0.25) is 5.91 Å². The average molecular weight is 225 g/mol. The van der Waals surface area contributed by atoms with Gasteiger partial charge >= 0.3 is 0 Å². The Kier molecular flexibility index (Phi) is 4.18. The molecule has 1 atom stereocenters. The molecule has 2 saturated heterocycles. The number of fused-ring (bicyclic) bond motifs is 1. The third kappa shape index (κ3) is 2.74. The van der Waals surface area contributed by atoms with Crippen LogP contribution in [-0.4, -0.2) is 61.0 Å². The van der Waals surface area contributed by atoms with Crippen LogP contribution in [-0.2, 0) is 4.79 Å². The fourth-order valence-electron chi connectivity index (χ4n) is 2.66. The maximum Gasteiger partial charge on any atom is 0.236 e. The molecule has 0 spiro atoms. The van der Waals surface area contributed by atoms with Gasteiger partial charge in [0, 0.05) is 26.2 Å². The van der Waals surface area contributed by atoms with E-state index in [1.807, 2.05) is 0 Å². The summed E-state index contributed by atoms with van der Waals surface area (Å²) in [5.41, 5.74) is 0. The predicted octanol–water partition coefficient (Wildman–Crippen LogP) is 0.293. The summed E-state index contributed by atoms with van der Waals surface area (Å²) in [4.78, 5) is 16.2. The molecule has 1 N–H and O–H groups in total. The molecular weight excluding hydrogens is 202 g/mol. The molecule has 1 amide bonds. The fraction of sp³-hybridized carbons (Fsp3) is 0.917. The molecule has 0 aromatic carbocycles. The Morgan fingerprint density at radius 3 is 3.06 bits per heavy atom. The quantitative estimate of drug-likeness (QED) is 0.699. The number of carbonyl (C=O) groups is 1. The van der Waals surface area contributed by atoms with Gasteiger partial charge in [0.15, 0.2) is 0 Å². The van der Waals surface area contributed by atoms with Gasteiger partial charge in [0.1, 0.15) is 0 Å². The molecule has 2 rings (SSSR count). The second kappa shape index (κ2) is 5.64. The van der Waals surface area contributed by atoms with E-state index < -0.39 is 0 Å². The van der Waals surface area contributed by atoms with Crippen LogP contribution in [0.15, 0.2) is 0 Å². The zero-order chi connectivity index (χ0) is 11.4. The standard InChI is InChI=1S/C12H23N3O/c1-2-3-4-5-14-6-7-15-11(10-14)8-13-9-12(15)16/h11,13H,2-10H2,1H3. The lowest BCUT2D eigenvalue weighted by Gasteiger charge is -2.44. The molecule has 0 saturated carbocycles. The number of nitrogens with one attached hydrogen (secondary N) is 1. The van der Waals surface area contributed by atoms with Crippen molar-refractivity contribution in [1.82, 2.24) is 15.1 Å². The first-order chi connectivity index (χ1) is 7.81. The molecule has 4 nitrogen and oxygen atoms in total. The first-order valence-corrected chi connectivity index (χ1v) is 6.54. The number of carbonyl (C=O) groups excluding carboxylic acids is 1. The number of rotatable bonds is 4. The van der Waals surface area contributed by atoms with Crippen molar-refractivity contribution >= 4 is 5.91 Å². The zero-order valence-electron chi connectivity index (χ0n) is 10.2. The summed E-state index contributed by atoms with van der Waals surface area (Å²) in [7, 11) is 0.